The van der Waals surface area contributed by atoms with Crippen molar-refractivity contribution in [3.8, 4) is 0 Å². The summed E-state index contributed by atoms with van der Waals surface area (Å²) in [4.78, 5) is 30.1. The molecule has 22 heavy (non-hydrogen) atoms. The number of carbonyl (C=O) groups is 2. The molecule has 1 N–H and O–H groups in total. The van der Waals surface area contributed by atoms with Crippen molar-refractivity contribution < 1.29 is 14.7 Å². The van der Waals surface area contributed by atoms with Gasteiger partial charge in [0.2, 0.25) is 0 Å². The predicted octanol–water partition coefficient (Wildman–Crippen LogP) is 0.176. The number of piperazine rings is 1. The van der Waals surface area contributed by atoms with Crippen LogP contribution in [0.4, 0.5) is 5.69 Å². The number of rotatable bonds is 4. The fraction of sp³-hybridized carbons (Fsp3) is 0.500. The van der Waals surface area contributed by atoms with E-state index in [2.05, 4.69) is 4.90 Å². The highest BCUT2D eigenvalue weighted by molar-refractivity contribution is 6.40. The monoisotopic (exact) mass is 305 g/mol. The molecule has 1 aliphatic rings. The summed E-state index contributed by atoms with van der Waals surface area (Å²) in [5, 5.41) is 8.93. The topological polar surface area (TPSA) is 64.1 Å². The summed E-state index contributed by atoms with van der Waals surface area (Å²) in [6, 6.07) is 9.23. The zero-order valence-corrected chi connectivity index (χ0v) is 12.9. The normalized spacial score (nSPS) is 15.6. The number of para-hydroxylation sites is 1. The van der Waals surface area contributed by atoms with Gasteiger partial charge in [-0.1, -0.05) is 18.2 Å². The molecule has 0 aliphatic carbocycles. The maximum absolute atomic E-state index is 12.5. The quantitative estimate of drug-likeness (QED) is 0.806. The van der Waals surface area contributed by atoms with Crippen LogP contribution in [0.1, 0.15) is 6.92 Å². The Labute approximate surface area is 130 Å². The van der Waals surface area contributed by atoms with Crippen LogP contribution in [0.5, 0.6) is 0 Å². The van der Waals surface area contributed by atoms with E-state index in [1.165, 1.54) is 4.90 Å². The molecule has 6 heteroatoms. The van der Waals surface area contributed by atoms with E-state index in [1.807, 2.05) is 37.3 Å². The summed E-state index contributed by atoms with van der Waals surface area (Å²) in [7, 11) is 0. The summed E-state index contributed by atoms with van der Waals surface area (Å²) in [6.07, 6.45) is 0. The number of β-amino-alcohol motifs (C(OH)–C–C–N with tert-alkyl or cyclic N) is 1. The molecule has 1 saturated heterocycles. The third kappa shape index (κ3) is 3.84. The third-order valence-corrected chi connectivity index (χ3v) is 3.89. The number of aliphatic hydroxyl groups excluding tert-OH is 1. The largest absolute Gasteiger partial charge is 0.395 e. The molecule has 1 fully saturated rings. The Morgan fingerprint density at radius 1 is 1.14 bits per heavy atom. The zero-order chi connectivity index (χ0) is 15.9. The lowest BCUT2D eigenvalue weighted by molar-refractivity contribution is -0.145. The number of nitrogens with zero attached hydrogens (tertiary/aromatic N) is 3. The van der Waals surface area contributed by atoms with Crippen molar-refractivity contribution in [2.45, 2.75) is 6.92 Å². The number of amides is 2. The lowest BCUT2D eigenvalue weighted by Crippen LogP contribution is -2.53. The van der Waals surface area contributed by atoms with Gasteiger partial charge in [0.1, 0.15) is 0 Å². The molecule has 0 spiro atoms. The second-order valence-electron chi connectivity index (χ2n) is 5.24. The first-order valence-corrected chi connectivity index (χ1v) is 7.66. The van der Waals surface area contributed by atoms with Crippen molar-refractivity contribution in [2.24, 2.45) is 0 Å². The van der Waals surface area contributed by atoms with E-state index in [1.54, 1.807) is 4.90 Å². The highest BCUT2D eigenvalue weighted by atomic mass is 16.3. The van der Waals surface area contributed by atoms with Crippen molar-refractivity contribution in [2.75, 3.05) is 50.8 Å². The molecular weight excluding hydrogens is 282 g/mol. The first kappa shape index (κ1) is 16.5. The molecule has 120 valence electrons. The third-order valence-electron chi connectivity index (χ3n) is 3.89. The molecule has 1 aromatic carbocycles. The van der Waals surface area contributed by atoms with Crippen LogP contribution in [0, 0.1) is 0 Å². The molecule has 0 bridgehead atoms. The molecule has 2 amide bonds. The fourth-order valence-electron chi connectivity index (χ4n) is 2.62. The van der Waals surface area contributed by atoms with Gasteiger partial charge < -0.3 is 14.9 Å². The summed E-state index contributed by atoms with van der Waals surface area (Å²) in [5.41, 5.74) is 0.738. The van der Waals surface area contributed by atoms with Crippen LogP contribution in [0.25, 0.3) is 0 Å². The average molecular weight is 305 g/mol. The highest BCUT2D eigenvalue weighted by Crippen LogP contribution is 2.14. The Bertz CT molecular complexity index is 499. The molecular formula is C16H23N3O3. The van der Waals surface area contributed by atoms with Gasteiger partial charge in [0, 0.05) is 45.0 Å². The second-order valence-corrected chi connectivity index (χ2v) is 5.24. The maximum atomic E-state index is 12.5. The van der Waals surface area contributed by atoms with E-state index in [4.69, 9.17) is 5.11 Å². The Hall–Kier alpha value is -1.92. The van der Waals surface area contributed by atoms with Gasteiger partial charge >= 0.3 is 11.8 Å². The van der Waals surface area contributed by atoms with E-state index < -0.39 is 11.8 Å². The lowest BCUT2D eigenvalue weighted by atomic mass is 10.2. The molecule has 2 rings (SSSR count). The summed E-state index contributed by atoms with van der Waals surface area (Å²) in [5.74, 6) is -0.932. The van der Waals surface area contributed by atoms with Crippen LogP contribution in [-0.4, -0.2) is 72.6 Å². The molecule has 1 heterocycles. The Morgan fingerprint density at radius 2 is 1.77 bits per heavy atom. The van der Waals surface area contributed by atoms with Crippen molar-refractivity contribution >= 4 is 17.5 Å². The second kappa shape index (κ2) is 7.91. The molecule has 6 nitrogen and oxygen atoms in total. The number of benzene rings is 1. The van der Waals surface area contributed by atoms with Crippen molar-refractivity contribution in [1.82, 2.24) is 9.80 Å². The van der Waals surface area contributed by atoms with Gasteiger partial charge in [-0.3, -0.25) is 14.5 Å². The Morgan fingerprint density at radius 3 is 2.32 bits per heavy atom. The minimum absolute atomic E-state index is 0.116. The van der Waals surface area contributed by atoms with Crippen LogP contribution >= 0.6 is 0 Å². The van der Waals surface area contributed by atoms with E-state index in [-0.39, 0.29) is 6.61 Å². The van der Waals surface area contributed by atoms with Crippen LogP contribution in [0.2, 0.25) is 0 Å². The number of anilines is 1. The zero-order valence-electron chi connectivity index (χ0n) is 12.9. The standard InChI is InChI=1S/C16H23N3O3/c1-2-19(14-6-4-3-5-7-14)16(22)15(21)18-10-8-17(9-11-18)12-13-20/h3-7,20H,2,8-13H2,1H3. The van der Waals surface area contributed by atoms with E-state index >= 15 is 0 Å². The van der Waals surface area contributed by atoms with Crippen LogP contribution in [0.15, 0.2) is 30.3 Å². The Balaban J connectivity index is 1.98. The molecule has 0 radical (unpaired) electrons. The maximum Gasteiger partial charge on any atom is 0.316 e. The highest BCUT2D eigenvalue weighted by Gasteiger charge is 2.29. The Kier molecular flexibility index (Phi) is 5.91. The summed E-state index contributed by atoms with van der Waals surface area (Å²) < 4.78 is 0. The van der Waals surface area contributed by atoms with Crippen LogP contribution < -0.4 is 4.90 Å². The smallest absolute Gasteiger partial charge is 0.316 e. The average Bonchev–Trinajstić information content (AvgIpc) is 2.57. The summed E-state index contributed by atoms with van der Waals surface area (Å²) in [6.45, 7) is 5.48. The number of hydrogen-bond acceptors (Lipinski definition) is 4. The molecule has 0 unspecified atom stereocenters. The van der Waals surface area contributed by atoms with Gasteiger partial charge in [0.05, 0.1) is 6.61 Å². The molecule has 0 atom stereocenters. The number of likely N-dealkylation sites (N-methyl/N-ethyl adjacent to an activating group) is 1. The van der Waals surface area contributed by atoms with Crippen LogP contribution in [-0.2, 0) is 9.59 Å². The SMILES string of the molecule is CCN(C(=O)C(=O)N1CCN(CCO)CC1)c1ccccc1. The molecule has 0 saturated carbocycles. The number of carbonyl (C=O) groups excluding carboxylic acids is 2. The van der Waals surface area contributed by atoms with E-state index in [0.717, 1.165) is 5.69 Å². The van der Waals surface area contributed by atoms with E-state index in [9.17, 15) is 9.59 Å². The van der Waals surface area contributed by atoms with Gasteiger partial charge in [-0.25, -0.2) is 0 Å². The van der Waals surface area contributed by atoms with E-state index in [0.29, 0.717) is 39.3 Å². The molecule has 1 aromatic rings. The van der Waals surface area contributed by atoms with Gasteiger partial charge in [-0.15, -0.1) is 0 Å². The van der Waals surface area contributed by atoms with Crippen molar-refractivity contribution in [3.05, 3.63) is 30.3 Å². The summed E-state index contributed by atoms with van der Waals surface area (Å²) >= 11 is 0. The fourth-order valence-corrected chi connectivity index (χ4v) is 2.62. The minimum Gasteiger partial charge on any atom is -0.395 e. The first-order valence-electron chi connectivity index (χ1n) is 7.66. The van der Waals surface area contributed by atoms with Crippen LogP contribution in [0.3, 0.4) is 0 Å². The van der Waals surface area contributed by atoms with Crippen molar-refractivity contribution in [1.29, 1.82) is 0 Å². The predicted molar refractivity (Wildman–Crippen MR) is 84.6 cm³/mol. The number of hydrogen-bond donors (Lipinski definition) is 1. The van der Waals surface area contributed by atoms with Crippen molar-refractivity contribution in [3.63, 3.8) is 0 Å². The molecule has 1 aliphatic heterocycles. The number of aliphatic hydroxyl groups is 1. The molecule has 0 aromatic heterocycles. The first-order chi connectivity index (χ1) is 10.7. The van der Waals surface area contributed by atoms with Gasteiger partial charge in [0.25, 0.3) is 0 Å². The lowest BCUT2D eigenvalue weighted by Gasteiger charge is -2.34. The van der Waals surface area contributed by atoms with Gasteiger partial charge in [-0.2, -0.15) is 0 Å². The van der Waals surface area contributed by atoms with Gasteiger partial charge in [0.15, 0.2) is 0 Å². The minimum atomic E-state index is -0.482. The van der Waals surface area contributed by atoms with Gasteiger partial charge in [-0.05, 0) is 19.1 Å².